The van der Waals surface area contributed by atoms with Gasteiger partial charge in [-0.2, -0.15) is 0 Å². The van der Waals surface area contributed by atoms with Gasteiger partial charge in [-0.25, -0.2) is 13.2 Å². The lowest BCUT2D eigenvalue weighted by Crippen LogP contribution is -2.46. The average Bonchev–Trinajstić information content (AvgIpc) is 2.90. The van der Waals surface area contributed by atoms with Gasteiger partial charge in [0, 0.05) is 19.6 Å². The molecule has 1 fully saturated rings. The molecule has 1 aliphatic heterocycles. The zero-order chi connectivity index (χ0) is 25.5. The van der Waals surface area contributed by atoms with Crippen LogP contribution in [-0.2, 0) is 22.8 Å². The number of benzene rings is 3. The summed E-state index contributed by atoms with van der Waals surface area (Å²) in [5, 5.41) is 10.6. The molecule has 3 aromatic carbocycles. The van der Waals surface area contributed by atoms with E-state index < -0.39 is 21.9 Å². The van der Waals surface area contributed by atoms with Crippen LogP contribution in [0.25, 0.3) is 0 Å². The summed E-state index contributed by atoms with van der Waals surface area (Å²) in [6, 6.07) is 22.8. The number of aliphatic hydroxyl groups is 1. The zero-order valence-corrected chi connectivity index (χ0v) is 20.9. The van der Waals surface area contributed by atoms with Crippen molar-refractivity contribution < 1.29 is 23.1 Å². The number of hydrogen-bond acceptors (Lipinski definition) is 7. The van der Waals surface area contributed by atoms with Crippen LogP contribution in [0.1, 0.15) is 27.9 Å². The van der Waals surface area contributed by atoms with Gasteiger partial charge in [-0.05, 0) is 72.8 Å². The summed E-state index contributed by atoms with van der Waals surface area (Å²) in [7, 11) is -3.52. The fourth-order valence-electron chi connectivity index (χ4n) is 4.43. The quantitative estimate of drug-likeness (QED) is 0.338. The van der Waals surface area contributed by atoms with Gasteiger partial charge in [0.2, 0.25) is 0 Å². The number of nitrogens with two attached hydrogens (primary N) is 1. The largest absolute Gasteiger partial charge is 0.423 e. The molecule has 2 unspecified atom stereocenters. The molecule has 8 heteroatoms. The third-order valence-electron chi connectivity index (χ3n) is 6.64. The lowest BCUT2D eigenvalue weighted by Gasteiger charge is -2.36. The van der Waals surface area contributed by atoms with Crippen molar-refractivity contribution >= 4 is 15.8 Å². The lowest BCUT2D eigenvalue weighted by molar-refractivity contribution is 0.0245. The maximum Gasteiger partial charge on any atom is 0.343 e. The van der Waals surface area contributed by atoms with E-state index in [0.29, 0.717) is 25.2 Å². The molecule has 0 spiro atoms. The SMILES string of the molecule is NCc1ccc(C(=O)Oc2ccc(S(=O)(=O)CCN3CCC(Cc4ccccc4)C(O)C3)cc2)cc1. The van der Waals surface area contributed by atoms with E-state index in [4.69, 9.17) is 10.5 Å². The maximum absolute atomic E-state index is 12.9. The molecule has 0 aliphatic carbocycles. The summed E-state index contributed by atoms with van der Waals surface area (Å²) in [4.78, 5) is 14.5. The molecule has 3 aromatic rings. The zero-order valence-electron chi connectivity index (χ0n) is 20.1. The highest BCUT2D eigenvalue weighted by Gasteiger charge is 2.28. The summed E-state index contributed by atoms with van der Waals surface area (Å²) >= 11 is 0. The Hall–Kier alpha value is -3.04. The molecule has 4 rings (SSSR count). The molecule has 0 bridgehead atoms. The first-order valence-corrected chi connectivity index (χ1v) is 13.8. The van der Waals surface area contributed by atoms with Gasteiger partial charge in [-0.1, -0.05) is 42.5 Å². The van der Waals surface area contributed by atoms with Crippen molar-refractivity contribution in [3.05, 3.63) is 95.6 Å². The van der Waals surface area contributed by atoms with Gasteiger partial charge >= 0.3 is 5.97 Å². The minimum absolute atomic E-state index is 0.0459. The van der Waals surface area contributed by atoms with Gasteiger partial charge in [0.05, 0.1) is 22.3 Å². The first-order valence-electron chi connectivity index (χ1n) is 12.1. The number of likely N-dealkylation sites (tertiary alicyclic amines) is 1. The van der Waals surface area contributed by atoms with Crippen molar-refractivity contribution in [1.82, 2.24) is 4.90 Å². The number of ether oxygens (including phenoxy) is 1. The lowest BCUT2D eigenvalue weighted by atomic mass is 9.88. The van der Waals surface area contributed by atoms with Crippen LogP contribution in [0.4, 0.5) is 0 Å². The Morgan fingerprint density at radius 2 is 1.67 bits per heavy atom. The maximum atomic E-state index is 12.9. The molecule has 0 radical (unpaired) electrons. The second kappa shape index (κ2) is 11.8. The summed E-state index contributed by atoms with van der Waals surface area (Å²) in [6.07, 6.45) is 1.16. The molecular weight excluding hydrogens is 476 g/mol. The van der Waals surface area contributed by atoms with Crippen molar-refractivity contribution in [3.8, 4) is 5.75 Å². The van der Waals surface area contributed by atoms with E-state index in [1.807, 2.05) is 23.1 Å². The van der Waals surface area contributed by atoms with Crippen LogP contribution in [0, 0.1) is 5.92 Å². The molecule has 36 heavy (non-hydrogen) atoms. The number of esters is 1. The first-order chi connectivity index (χ1) is 17.3. The van der Waals surface area contributed by atoms with Crippen LogP contribution < -0.4 is 10.5 Å². The third kappa shape index (κ3) is 6.79. The van der Waals surface area contributed by atoms with Crippen molar-refractivity contribution in [2.24, 2.45) is 11.7 Å². The van der Waals surface area contributed by atoms with Crippen LogP contribution in [0.2, 0.25) is 0 Å². The van der Waals surface area contributed by atoms with Crippen LogP contribution in [0.15, 0.2) is 83.8 Å². The van der Waals surface area contributed by atoms with Gasteiger partial charge < -0.3 is 15.6 Å². The summed E-state index contributed by atoms with van der Waals surface area (Å²) < 4.78 is 31.1. The molecule has 3 N–H and O–H groups in total. The van der Waals surface area contributed by atoms with Crippen molar-refractivity contribution in [2.45, 2.75) is 30.4 Å². The van der Waals surface area contributed by atoms with E-state index in [1.165, 1.54) is 29.8 Å². The molecule has 0 aromatic heterocycles. The minimum Gasteiger partial charge on any atom is -0.423 e. The van der Waals surface area contributed by atoms with E-state index in [2.05, 4.69) is 12.1 Å². The van der Waals surface area contributed by atoms with Gasteiger partial charge in [-0.15, -0.1) is 0 Å². The normalized spacial score (nSPS) is 18.6. The molecular formula is C28H32N2O5S. The Labute approximate surface area is 212 Å². The van der Waals surface area contributed by atoms with Gasteiger partial charge in [-0.3, -0.25) is 4.90 Å². The predicted molar refractivity (Wildman–Crippen MR) is 138 cm³/mol. The van der Waals surface area contributed by atoms with Crippen LogP contribution in [-0.4, -0.2) is 55.9 Å². The molecule has 190 valence electrons. The highest BCUT2D eigenvalue weighted by Crippen LogP contribution is 2.23. The Balaban J connectivity index is 1.28. The molecule has 0 amide bonds. The highest BCUT2D eigenvalue weighted by atomic mass is 32.2. The molecule has 1 saturated heterocycles. The topological polar surface area (TPSA) is 110 Å². The van der Waals surface area contributed by atoms with Gasteiger partial charge in [0.15, 0.2) is 9.84 Å². The fraction of sp³-hybridized carbons (Fsp3) is 0.321. The minimum atomic E-state index is -3.52. The molecule has 2 atom stereocenters. The van der Waals surface area contributed by atoms with Crippen molar-refractivity contribution in [3.63, 3.8) is 0 Å². The second-order valence-electron chi connectivity index (χ2n) is 9.19. The number of β-amino-alcohol motifs (C(OH)–C–C–N with tert-alkyl or cyclic N) is 1. The monoisotopic (exact) mass is 508 g/mol. The van der Waals surface area contributed by atoms with Crippen LogP contribution >= 0.6 is 0 Å². The summed E-state index contributed by atoms with van der Waals surface area (Å²) in [5.74, 6) is -0.127. The van der Waals surface area contributed by atoms with E-state index in [-0.39, 0.29) is 22.3 Å². The van der Waals surface area contributed by atoms with Crippen LogP contribution in [0.5, 0.6) is 5.75 Å². The van der Waals surface area contributed by atoms with Crippen molar-refractivity contribution in [2.75, 3.05) is 25.4 Å². The summed E-state index contributed by atoms with van der Waals surface area (Å²) in [6.45, 7) is 1.96. The Morgan fingerprint density at radius 3 is 2.31 bits per heavy atom. The third-order valence-corrected chi connectivity index (χ3v) is 8.35. The Morgan fingerprint density at radius 1 is 0.972 bits per heavy atom. The highest BCUT2D eigenvalue weighted by molar-refractivity contribution is 7.91. The smallest absolute Gasteiger partial charge is 0.343 e. The number of rotatable bonds is 9. The number of sulfone groups is 1. The molecule has 1 aliphatic rings. The summed E-state index contributed by atoms with van der Waals surface area (Å²) in [5.41, 5.74) is 8.07. The molecule has 7 nitrogen and oxygen atoms in total. The van der Waals surface area contributed by atoms with Gasteiger partial charge in [0.25, 0.3) is 0 Å². The van der Waals surface area contributed by atoms with E-state index in [9.17, 15) is 18.3 Å². The fourth-order valence-corrected chi connectivity index (χ4v) is 5.71. The number of carbonyl (C=O) groups is 1. The number of piperidine rings is 1. The predicted octanol–water partition coefficient (Wildman–Crippen LogP) is 3.06. The van der Waals surface area contributed by atoms with E-state index >= 15 is 0 Å². The number of carbonyl (C=O) groups excluding carboxylic acids is 1. The Bertz CT molecular complexity index is 1250. The van der Waals surface area contributed by atoms with E-state index in [1.54, 1.807) is 24.3 Å². The Kier molecular flexibility index (Phi) is 8.53. The van der Waals surface area contributed by atoms with Gasteiger partial charge in [0.1, 0.15) is 5.75 Å². The van der Waals surface area contributed by atoms with Crippen molar-refractivity contribution in [1.29, 1.82) is 0 Å². The number of nitrogens with zero attached hydrogens (tertiary/aromatic N) is 1. The standard InChI is InChI=1S/C28H32N2O5S/c29-19-22-6-8-23(9-7-22)28(32)35-25-10-12-26(13-11-25)36(33,34)17-16-30-15-14-24(27(31)20-30)18-21-4-2-1-3-5-21/h1-13,24,27,31H,14-20,29H2. The first kappa shape index (κ1) is 26.0. The number of aliphatic hydroxyl groups excluding tert-OH is 1. The molecule has 0 saturated carbocycles. The van der Waals surface area contributed by atoms with Crippen LogP contribution in [0.3, 0.4) is 0 Å². The molecule has 1 heterocycles. The second-order valence-corrected chi connectivity index (χ2v) is 11.3. The average molecular weight is 509 g/mol. The number of hydrogen-bond donors (Lipinski definition) is 2. The van der Waals surface area contributed by atoms with E-state index in [0.717, 1.165) is 24.9 Å².